The van der Waals surface area contributed by atoms with E-state index < -0.39 is 6.09 Å². The number of hydrogen-bond acceptors (Lipinski definition) is 2. The predicted octanol–water partition coefficient (Wildman–Crippen LogP) is 5.02. The first-order chi connectivity index (χ1) is 14.1. The van der Waals surface area contributed by atoms with E-state index in [1.165, 1.54) is 34.4 Å². The molecule has 3 aromatic rings. The van der Waals surface area contributed by atoms with Crippen LogP contribution in [0.25, 0.3) is 11.1 Å². The van der Waals surface area contributed by atoms with Crippen molar-refractivity contribution in [3.05, 3.63) is 94.8 Å². The van der Waals surface area contributed by atoms with Crippen LogP contribution in [0.1, 0.15) is 28.2 Å². The molecule has 4 heteroatoms. The van der Waals surface area contributed by atoms with Crippen LogP contribution in [0.4, 0.5) is 9.18 Å². The Balaban J connectivity index is 1.35. The van der Waals surface area contributed by atoms with Crippen molar-refractivity contribution in [3.8, 4) is 23.0 Å². The van der Waals surface area contributed by atoms with Crippen molar-refractivity contribution < 1.29 is 13.9 Å². The van der Waals surface area contributed by atoms with Gasteiger partial charge in [0.25, 0.3) is 0 Å². The predicted molar refractivity (Wildman–Crippen MR) is 111 cm³/mol. The highest BCUT2D eigenvalue weighted by Gasteiger charge is 2.28. The molecular weight excluding hydrogens is 365 g/mol. The Hall–Kier alpha value is -3.58. The standard InChI is InChI=1S/C25H20FNO2/c1-17-13-18(15-19(26)14-17)7-6-12-27-25(28)29-16-24-22-10-4-2-8-20(22)21-9-3-5-11-23(21)24/h2-5,8-11,13-15,24H,12,16H2,1H3,(H,27,28). The van der Waals surface area contributed by atoms with Gasteiger partial charge in [-0.25, -0.2) is 9.18 Å². The summed E-state index contributed by atoms with van der Waals surface area (Å²) < 4.78 is 18.8. The van der Waals surface area contributed by atoms with Crippen molar-refractivity contribution in [2.24, 2.45) is 0 Å². The summed E-state index contributed by atoms with van der Waals surface area (Å²) in [7, 11) is 0. The van der Waals surface area contributed by atoms with Gasteiger partial charge in [-0.3, -0.25) is 0 Å². The molecule has 0 fully saturated rings. The van der Waals surface area contributed by atoms with Crippen LogP contribution in [0, 0.1) is 24.6 Å². The molecule has 1 amide bonds. The van der Waals surface area contributed by atoms with Gasteiger partial charge in [0.2, 0.25) is 0 Å². The smallest absolute Gasteiger partial charge is 0.407 e. The summed E-state index contributed by atoms with van der Waals surface area (Å²) in [5, 5.41) is 2.63. The Bertz CT molecular complexity index is 1060. The molecule has 0 unspecified atom stereocenters. The van der Waals surface area contributed by atoms with Crippen molar-refractivity contribution in [1.29, 1.82) is 0 Å². The number of benzene rings is 3. The van der Waals surface area contributed by atoms with Crippen molar-refractivity contribution >= 4 is 6.09 Å². The number of rotatable bonds is 3. The zero-order chi connectivity index (χ0) is 20.2. The van der Waals surface area contributed by atoms with Gasteiger partial charge in [0, 0.05) is 11.5 Å². The fourth-order valence-corrected chi connectivity index (χ4v) is 3.72. The second kappa shape index (κ2) is 8.20. The maximum atomic E-state index is 13.4. The number of carbonyl (C=O) groups excluding carboxylic acids is 1. The van der Waals surface area contributed by atoms with Crippen molar-refractivity contribution in [3.63, 3.8) is 0 Å². The minimum atomic E-state index is -0.517. The van der Waals surface area contributed by atoms with Gasteiger partial charge in [-0.05, 0) is 52.9 Å². The van der Waals surface area contributed by atoms with Gasteiger partial charge in [-0.2, -0.15) is 0 Å². The van der Waals surface area contributed by atoms with Crippen LogP contribution in [0.3, 0.4) is 0 Å². The Kier molecular flexibility index (Phi) is 5.31. The number of alkyl carbamates (subject to hydrolysis) is 1. The summed E-state index contributed by atoms with van der Waals surface area (Å²) >= 11 is 0. The Morgan fingerprint density at radius 3 is 2.34 bits per heavy atom. The molecule has 0 aliphatic heterocycles. The average Bonchev–Trinajstić information content (AvgIpc) is 3.03. The molecule has 1 N–H and O–H groups in total. The maximum absolute atomic E-state index is 13.4. The SMILES string of the molecule is Cc1cc(F)cc(C#CCNC(=O)OCC2c3ccccc3-c3ccccc32)c1. The quantitative estimate of drug-likeness (QED) is 0.643. The summed E-state index contributed by atoms with van der Waals surface area (Å²) in [5.74, 6) is 5.36. The maximum Gasteiger partial charge on any atom is 0.407 e. The van der Waals surface area contributed by atoms with Crippen LogP contribution >= 0.6 is 0 Å². The Morgan fingerprint density at radius 1 is 1.03 bits per heavy atom. The van der Waals surface area contributed by atoms with E-state index in [1.54, 1.807) is 6.07 Å². The first kappa shape index (κ1) is 18.8. The first-order valence-electron chi connectivity index (χ1n) is 9.47. The molecule has 4 rings (SSSR count). The third-order valence-electron chi connectivity index (χ3n) is 4.94. The fourth-order valence-electron chi connectivity index (χ4n) is 3.72. The zero-order valence-corrected chi connectivity index (χ0v) is 16.0. The van der Waals surface area contributed by atoms with E-state index in [2.05, 4.69) is 41.4 Å². The number of halogens is 1. The van der Waals surface area contributed by atoms with Crippen LogP contribution < -0.4 is 5.32 Å². The molecule has 1 aliphatic rings. The monoisotopic (exact) mass is 385 g/mol. The molecule has 0 saturated carbocycles. The number of carbonyl (C=O) groups is 1. The van der Waals surface area contributed by atoms with Crippen molar-refractivity contribution in [2.45, 2.75) is 12.8 Å². The summed E-state index contributed by atoms with van der Waals surface area (Å²) in [6.45, 7) is 2.20. The number of amides is 1. The van der Waals surface area contributed by atoms with Crippen LogP contribution in [0.5, 0.6) is 0 Å². The average molecular weight is 385 g/mol. The topological polar surface area (TPSA) is 38.3 Å². The first-order valence-corrected chi connectivity index (χ1v) is 9.47. The van der Waals surface area contributed by atoms with Gasteiger partial charge in [0.05, 0.1) is 6.54 Å². The van der Waals surface area contributed by atoms with E-state index in [-0.39, 0.29) is 24.9 Å². The zero-order valence-electron chi connectivity index (χ0n) is 16.0. The van der Waals surface area contributed by atoms with E-state index in [9.17, 15) is 9.18 Å². The van der Waals surface area contributed by atoms with Crippen molar-refractivity contribution in [1.82, 2.24) is 5.32 Å². The number of aryl methyl sites for hydroxylation is 1. The van der Waals surface area contributed by atoms with Gasteiger partial charge < -0.3 is 10.1 Å². The van der Waals surface area contributed by atoms with Crippen molar-refractivity contribution in [2.75, 3.05) is 13.2 Å². The second-order valence-corrected chi connectivity index (χ2v) is 7.00. The lowest BCUT2D eigenvalue weighted by Crippen LogP contribution is -2.26. The lowest BCUT2D eigenvalue weighted by Gasteiger charge is -2.14. The third kappa shape index (κ3) is 4.14. The highest BCUT2D eigenvalue weighted by molar-refractivity contribution is 5.79. The van der Waals surface area contributed by atoms with Crippen LogP contribution in [0.15, 0.2) is 66.7 Å². The van der Waals surface area contributed by atoms with E-state index in [4.69, 9.17) is 4.74 Å². The summed E-state index contributed by atoms with van der Waals surface area (Å²) in [4.78, 5) is 12.1. The normalized spacial score (nSPS) is 11.8. The van der Waals surface area contributed by atoms with E-state index in [0.717, 1.165) is 5.56 Å². The molecule has 1 aliphatic carbocycles. The minimum Gasteiger partial charge on any atom is -0.449 e. The lowest BCUT2D eigenvalue weighted by molar-refractivity contribution is 0.144. The minimum absolute atomic E-state index is 0.0227. The van der Waals surface area contributed by atoms with Gasteiger partial charge >= 0.3 is 6.09 Å². The molecule has 0 aromatic heterocycles. The largest absolute Gasteiger partial charge is 0.449 e. The summed E-state index contributed by atoms with van der Waals surface area (Å²) in [6.07, 6.45) is -0.517. The van der Waals surface area contributed by atoms with Gasteiger partial charge in [0.15, 0.2) is 0 Å². The number of hydrogen-bond donors (Lipinski definition) is 1. The summed E-state index contributed by atoms with van der Waals surface area (Å²) in [5.41, 5.74) is 6.10. The molecular formula is C25H20FNO2. The molecule has 3 nitrogen and oxygen atoms in total. The second-order valence-electron chi connectivity index (χ2n) is 7.00. The van der Waals surface area contributed by atoms with Gasteiger partial charge in [-0.15, -0.1) is 0 Å². The molecule has 0 heterocycles. The van der Waals surface area contributed by atoms with E-state index in [0.29, 0.717) is 5.56 Å². The highest BCUT2D eigenvalue weighted by Crippen LogP contribution is 2.44. The Labute approximate surface area is 169 Å². The molecule has 0 radical (unpaired) electrons. The number of ether oxygens (including phenoxy) is 1. The van der Waals surface area contributed by atoms with Crippen LogP contribution in [-0.2, 0) is 4.74 Å². The third-order valence-corrected chi connectivity index (χ3v) is 4.94. The molecule has 0 atom stereocenters. The molecule has 144 valence electrons. The van der Waals surface area contributed by atoms with Gasteiger partial charge in [-0.1, -0.05) is 60.4 Å². The highest BCUT2D eigenvalue weighted by atomic mass is 19.1. The lowest BCUT2D eigenvalue weighted by atomic mass is 9.98. The summed E-state index contributed by atoms with van der Waals surface area (Å²) in [6, 6.07) is 21.0. The van der Waals surface area contributed by atoms with Crippen LogP contribution in [0.2, 0.25) is 0 Å². The molecule has 3 aromatic carbocycles. The van der Waals surface area contributed by atoms with E-state index in [1.807, 2.05) is 31.2 Å². The molecule has 29 heavy (non-hydrogen) atoms. The van der Waals surface area contributed by atoms with Crippen LogP contribution in [-0.4, -0.2) is 19.2 Å². The molecule has 0 bridgehead atoms. The Morgan fingerprint density at radius 2 is 1.69 bits per heavy atom. The number of nitrogens with one attached hydrogen (secondary N) is 1. The number of fused-ring (bicyclic) bond motifs is 3. The molecule has 0 saturated heterocycles. The fraction of sp³-hybridized carbons (Fsp3) is 0.160. The molecule has 0 spiro atoms. The van der Waals surface area contributed by atoms with E-state index >= 15 is 0 Å². The van der Waals surface area contributed by atoms with Gasteiger partial charge in [0.1, 0.15) is 12.4 Å².